The fraction of sp³-hybridized carbons (Fsp3) is 0.909. The molecule has 0 aromatic carbocycles. The number of carbonyl (C=O) groups is 1. The Bertz CT molecular complexity index is 350. The van der Waals surface area contributed by atoms with Crippen molar-refractivity contribution >= 4 is 15.7 Å². The molecule has 0 aliphatic carbocycles. The summed E-state index contributed by atoms with van der Waals surface area (Å²) < 4.78 is 27.3. The Morgan fingerprint density at radius 3 is 2.67 bits per heavy atom. The van der Waals surface area contributed by atoms with Crippen molar-refractivity contribution in [2.45, 2.75) is 25.4 Å². The highest BCUT2D eigenvalue weighted by molar-refractivity contribution is 7.90. The summed E-state index contributed by atoms with van der Waals surface area (Å²) in [5.41, 5.74) is 0. The van der Waals surface area contributed by atoms with E-state index >= 15 is 0 Å². The van der Waals surface area contributed by atoms with Crippen LogP contribution in [0.3, 0.4) is 0 Å². The lowest BCUT2D eigenvalue weighted by molar-refractivity contribution is -0.122. The van der Waals surface area contributed by atoms with Crippen molar-refractivity contribution in [2.24, 2.45) is 0 Å². The number of sulfone groups is 1. The SMILES string of the molecule is CS(=O)(=O)CCNC(=O)CCOC1CCNCC1. The molecule has 106 valence electrons. The first-order chi connectivity index (χ1) is 8.47. The van der Waals surface area contributed by atoms with Gasteiger partial charge in [-0.1, -0.05) is 0 Å². The van der Waals surface area contributed by atoms with Crippen LogP contribution in [0.1, 0.15) is 19.3 Å². The first-order valence-electron chi connectivity index (χ1n) is 6.24. The van der Waals surface area contributed by atoms with Gasteiger partial charge in [0.15, 0.2) is 0 Å². The third-order valence-electron chi connectivity index (χ3n) is 2.76. The van der Waals surface area contributed by atoms with Crippen molar-refractivity contribution in [1.82, 2.24) is 10.6 Å². The zero-order chi connectivity index (χ0) is 13.4. The van der Waals surface area contributed by atoms with E-state index in [1.807, 2.05) is 0 Å². The molecule has 0 atom stereocenters. The van der Waals surface area contributed by atoms with Crippen molar-refractivity contribution in [3.05, 3.63) is 0 Å². The van der Waals surface area contributed by atoms with Gasteiger partial charge in [0.1, 0.15) is 9.84 Å². The minimum absolute atomic E-state index is 0.0199. The van der Waals surface area contributed by atoms with Gasteiger partial charge in [-0.15, -0.1) is 0 Å². The van der Waals surface area contributed by atoms with Gasteiger partial charge in [0, 0.05) is 19.2 Å². The Labute approximate surface area is 108 Å². The predicted octanol–water partition coefficient (Wildman–Crippen LogP) is -0.694. The van der Waals surface area contributed by atoms with E-state index in [0.29, 0.717) is 6.61 Å². The maximum atomic E-state index is 11.4. The van der Waals surface area contributed by atoms with Crippen LogP contribution in [0.5, 0.6) is 0 Å². The lowest BCUT2D eigenvalue weighted by Crippen LogP contribution is -2.34. The summed E-state index contributed by atoms with van der Waals surface area (Å²) in [5.74, 6) is -0.180. The second kappa shape index (κ2) is 7.70. The monoisotopic (exact) mass is 278 g/mol. The van der Waals surface area contributed by atoms with Gasteiger partial charge in [-0.05, 0) is 25.9 Å². The number of carbonyl (C=O) groups excluding carboxylic acids is 1. The zero-order valence-electron chi connectivity index (χ0n) is 10.8. The van der Waals surface area contributed by atoms with Crippen molar-refractivity contribution in [2.75, 3.05) is 38.2 Å². The van der Waals surface area contributed by atoms with Crippen LogP contribution in [0, 0.1) is 0 Å². The topological polar surface area (TPSA) is 84.5 Å². The Morgan fingerprint density at radius 2 is 2.06 bits per heavy atom. The van der Waals surface area contributed by atoms with E-state index in [4.69, 9.17) is 4.74 Å². The molecule has 0 radical (unpaired) electrons. The molecule has 1 rings (SSSR count). The molecule has 1 heterocycles. The van der Waals surface area contributed by atoms with E-state index in [2.05, 4.69) is 10.6 Å². The number of hydrogen-bond acceptors (Lipinski definition) is 5. The molecule has 0 unspecified atom stereocenters. The standard InChI is InChI=1S/C11H22N2O4S/c1-18(15,16)9-7-13-11(14)4-8-17-10-2-5-12-6-3-10/h10,12H,2-9H2,1H3,(H,13,14). The average Bonchev–Trinajstić information content (AvgIpc) is 2.28. The number of hydrogen-bond donors (Lipinski definition) is 2. The predicted molar refractivity (Wildman–Crippen MR) is 69.2 cm³/mol. The molecule has 18 heavy (non-hydrogen) atoms. The van der Waals surface area contributed by atoms with E-state index in [9.17, 15) is 13.2 Å². The van der Waals surface area contributed by atoms with E-state index in [1.54, 1.807) is 0 Å². The number of nitrogens with one attached hydrogen (secondary N) is 2. The Kier molecular flexibility index (Phi) is 6.59. The molecule has 7 heteroatoms. The Balaban J connectivity index is 2.02. The lowest BCUT2D eigenvalue weighted by Gasteiger charge is -2.22. The lowest BCUT2D eigenvalue weighted by atomic mass is 10.1. The maximum absolute atomic E-state index is 11.4. The van der Waals surface area contributed by atoms with Gasteiger partial charge in [0.2, 0.25) is 5.91 Å². The molecule has 0 aromatic rings. The fourth-order valence-corrected chi connectivity index (χ4v) is 2.22. The largest absolute Gasteiger partial charge is 0.378 e. The van der Waals surface area contributed by atoms with Gasteiger partial charge in [-0.25, -0.2) is 8.42 Å². The third-order valence-corrected chi connectivity index (χ3v) is 3.71. The molecule has 0 spiro atoms. The molecule has 0 saturated carbocycles. The number of ether oxygens (including phenoxy) is 1. The molecule has 1 amide bonds. The highest BCUT2D eigenvalue weighted by Crippen LogP contribution is 2.07. The van der Waals surface area contributed by atoms with Crippen molar-refractivity contribution < 1.29 is 17.9 Å². The molecule has 6 nitrogen and oxygen atoms in total. The fourth-order valence-electron chi connectivity index (χ4n) is 1.74. The Morgan fingerprint density at radius 1 is 1.39 bits per heavy atom. The summed E-state index contributed by atoms with van der Waals surface area (Å²) in [4.78, 5) is 11.4. The summed E-state index contributed by atoms with van der Waals surface area (Å²) in [5, 5.41) is 5.81. The molecule has 1 aliphatic rings. The molecular formula is C11H22N2O4S. The van der Waals surface area contributed by atoms with Crippen LogP contribution >= 0.6 is 0 Å². The van der Waals surface area contributed by atoms with Crippen molar-refractivity contribution in [1.29, 1.82) is 0 Å². The molecule has 1 aliphatic heterocycles. The summed E-state index contributed by atoms with van der Waals surface area (Å²) in [7, 11) is -3.01. The van der Waals surface area contributed by atoms with E-state index in [-0.39, 0.29) is 30.7 Å². The smallest absolute Gasteiger partial charge is 0.222 e. The summed E-state index contributed by atoms with van der Waals surface area (Å²) in [6, 6.07) is 0. The van der Waals surface area contributed by atoms with Gasteiger partial charge in [0.25, 0.3) is 0 Å². The molecule has 2 N–H and O–H groups in total. The van der Waals surface area contributed by atoms with Crippen molar-refractivity contribution in [3.8, 4) is 0 Å². The second-order valence-corrected chi connectivity index (χ2v) is 6.81. The molecular weight excluding hydrogens is 256 g/mol. The van der Waals surface area contributed by atoms with Crippen LogP contribution < -0.4 is 10.6 Å². The zero-order valence-corrected chi connectivity index (χ0v) is 11.6. The van der Waals surface area contributed by atoms with Crippen LogP contribution in [-0.4, -0.2) is 58.7 Å². The molecule has 0 aromatic heterocycles. The molecule has 1 saturated heterocycles. The highest BCUT2D eigenvalue weighted by Gasteiger charge is 2.13. The average molecular weight is 278 g/mol. The van der Waals surface area contributed by atoms with Gasteiger partial charge >= 0.3 is 0 Å². The summed E-state index contributed by atoms with van der Waals surface area (Å²) >= 11 is 0. The van der Waals surface area contributed by atoms with Crippen LogP contribution in [0.15, 0.2) is 0 Å². The van der Waals surface area contributed by atoms with Crippen molar-refractivity contribution in [3.63, 3.8) is 0 Å². The molecule has 1 fully saturated rings. The van der Waals surface area contributed by atoms with E-state index < -0.39 is 9.84 Å². The highest BCUT2D eigenvalue weighted by atomic mass is 32.2. The quantitative estimate of drug-likeness (QED) is 0.644. The van der Waals surface area contributed by atoms with Crippen LogP contribution in [0.4, 0.5) is 0 Å². The van der Waals surface area contributed by atoms with Crippen LogP contribution in [0.2, 0.25) is 0 Å². The normalized spacial score (nSPS) is 17.6. The minimum atomic E-state index is -3.01. The second-order valence-electron chi connectivity index (χ2n) is 4.55. The summed E-state index contributed by atoms with van der Waals surface area (Å²) in [6.07, 6.45) is 3.65. The van der Waals surface area contributed by atoms with Crippen LogP contribution in [-0.2, 0) is 19.4 Å². The van der Waals surface area contributed by atoms with Crippen LogP contribution in [0.25, 0.3) is 0 Å². The van der Waals surface area contributed by atoms with Gasteiger partial charge in [-0.3, -0.25) is 4.79 Å². The van der Waals surface area contributed by atoms with E-state index in [1.165, 1.54) is 0 Å². The first-order valence-corrected chi connectivity index (χ1v) is 8.30. The summed E-state index contributed by atoms with van der Waals surface area (Å²) in [6.45, 7) is 2.50. The first kappa shape index (κ1) is 15.4. The van der Waals surface area contributed by atoms with E-state index in [0.717, 1.165) is 32.2 Å². The maximum Gasteiger partial charge on any atom is 0.222 e. The number of rotatable bonds is 7. The Hall–Kier alpha value is -0.660. The minimum Gasteiger partial charge on any atom is -0.378 e. The number of piperidine rings is 1. The van der Waals surface area contributed by atoms with Gasteiger partial charge < -0.3 is 15.4 Å². The van der Waals surface area contributed by atoms with Gasteiger partial charge in [0.05, 0.1) is 18.5 Å². The molecule has 0 bridgehead atoms. The third kappa shape index (κ3) is 7.62. The van der Waals surface area contributed by atoms with Gasteiger partial charge in [-0.2, -0.15) is 0 Å². The number of amides is 1.